The number of allylic oxidation sites excluding steroid dienone is 2. The molecule has 3 heteroatoms. The van der Waals surface area contributed by atoms with Gasteiger partial charge in [0.2, 0.25) is 0 Å². The third kappa shape index (κ3) is 4.70. The second-order valence-electron chi connectivity index (χ2n) is 3.14. The van der Waals surface area contributed by atoms with Crippen LogP contribution in [-0.4, -0.2) is 17.4 Å². The van der Waals surface area contributed by atoms with E-state index in [1.807, 2.05) is 33.8 Å². The number of rotatable bonds is 2. The molecule has 78 valence electrons. The maximum atomic E-state index is 7.25. The predicted molar refractivity (Wildman–Crippen MR) is 63.7 cm³/mol. The lowest BCUT2D eigenvalue weighted by atomic mass is 10.2. The summed E-state index contributed by atoms with van der Waals surface area (Å²) in [4.78, 5) is 8.40. The summed E-state index contributed by atoms with van der Waals surface area (Å²) in [7, 11) is 0. The van der Waals surface area contributed by atoms with E-state index < -0.39 is 0 Å². The largest absolute Gasteiger partial charge is 0.287 e. The fraction of sp³-hybridized carbons (Fsp3) is 0.545. The molecule has 1 N–H and O–H groups in total. The Morgan fingerprint density at radius 2 is 1.79 bits per heavy atom. The van der Waals surface area contributed by atoms with Crippen LogP contribution in [0.1, 0.15) is 41.0 Å². The Morgan fingerprint density at radius 3 is 2.14 bits per heavy atom. The summed E-state index contributed by atoms with van der Waals surface area (Å²) in [5.74, 6) is 1.02. The van der Waals surface area contributed by atoms with Crippen molar-refractivity contribution in [2.75, 3.05) is 0 Å². The van der Waals surface area contributed by atoms with Gasteiger partial charge in [-0.1, -0.05) is 13.0 Å². The van der Waals surface area contributed by atoms with Crippen molar-refractivity contribution in [3.63, 3.8) is 0 Å². The van der Waals surface area contributed by atoms with Gasteiger partial charge in [-0.25, -0.2) is 9.98 Å². The van der Waals surface area contributed by atoms with E-state index in [0.717, 1.165) is 23.5 Å². The molecule has 0 aromatic heterocycles. The van der Waals surface area contributed by atoms with Crippen molar-refractivity contribution in [2.45, 2.75) is 41.0 Å². The first-order chi connectivity index (χ1) is 6.51. The fourth-order valence-electron chi connectivity index (χ4n) is 0.867. The Balaban J connectivity index is 4.84. The summed E-state index contributed by atoms with van der Waals surface area (Å²) in [5.41, 5.74) is 2.11. The molecule has 0 aromatic rings. The van der Waals surface area contributed by atoms with Crippen LogP contribution in [0, 0.1) is 5.41 Å². The van der Waals surface area contributed by atoms with E-state index in [1.165, 1.54) is 0 Å². The van der Waals surface area contributed by atoms with Crippen molar-refractivity contribution in [1.29, 1.82) is 5.41 Å². The minimum atomic E-state index is 0.302. The molecule has 0 saturated heterocycles. The Morgan fingerprint density at radius 1 is 1.21 bits per heavy atom. The molecule has 3 nitrogen and oxygen atoms in total. The quantitative estimate of drug-likeness (QED) is 0.517. The molecule has 0 bridgehead atoms. The summed E-state index contributed by atoms with van der Waals surface area (Å²) in [6.07, 6.45) is 2.77. The second-order valence-corrected chi connectivity index (χ2v) is 3.14. The van der Waals surface area contributed by atoms with E-state index in [-0.39, 0.29) is 0 Å². The number of amidine groups is 2. The zero-order valence-corrected chi connectivity index (χ0v) is 9.68. The second kappa shape index (κ2) is 6.24. The average Bonchev–Trinajstić information content (AvgIpc) is 2.14. The maximum absolute atomic E-state index is 7.25. The third-order valence-corrected chi connectivity index (χ3v) is 1.91. The van der Waals surface area contributed by atoms with Crippen molar-refractivity contribution in [1.82, 2.24) is 0 Å². The van der Waals surface area contributed by atoms with Gasteiger partial charge in [0.1, 0.15) is 11.7 Å². The molecular weight excluding hydrogens is 174 g/mol. The highest BCUT2D eigenvalue weighted by Gasteiger charge is 1.97. The maximum Gasteiger partial charge on any atom is 0.130 e. The zero-order valence-electron chi connectivity index (χ0n) is 9.68. The lowest BCUT2D eigenvalue weighted by Gasteiger charge is -2.01. The molecule has 0 aliphatic rings. The highest BCUT2D eigenvalue weighted by atomic mass is 14.9. The van der Waals surface area contributed by atoms with E-state index in [9.17, 15) is 0 Å². The SMILES string of the molecule is C/C=C(/C)C(C)=NC(CC)=NC(C)=N. The van der Waals surface area contributed by atoms with E-state index in [1.54, 1.807) is 6.92 Å². The monoisotopic (exact) mass is 193 g/mol. The van der Waals surface area contributed by atoms with Crippen molar-refractivity contribution in [2.24, 2.45) is 9.98 Å². The van der Waals surface area contributed by atoms with Crippen LogP contribution in [0.25, 0.3) is 0 Å². The summed E-state index contributed by atoms with van der Waals surface area (Å²) < 4.78 is 0. The average molecular weight is 193 g/mol. The van der Waals surface area contributed by atoms with Crippen molar-refractivity contribution in [3.05, 3.63) is 11.6 Å². The van der Waals surface area contributed by atoms with Crippen LogP contribution in [-0.2, 0) is 0 Å². The van der Waals surface area contributed by atoms with Gasteiger partial charge in [-0.2, -0.15) is 0 Å². The standard InChI is InChI=1S/C11H19N3/c1-6-8(3)9(4)13-11(7-2)14-10(5)12/h6,12H,7H2,1-5H3/b8-6-,12-10?,13-9?,14-11?. The molecule has 0 aromatic carbocycles. The molecule has 0 unspecified atom stereocenters. The van der Waals surface area contributed by atoms with Crippen LogP contribution >= 0.6 is 0 Å². The zero-order chi connectivity index (χ0) is 11.1. The number of nitrogens with one attached hydrogen (secondary N) is 1. The summed E-state index contributed by atoms with van der Waals surface area (Å²) in [6.45, 7) is 9.61. The van der Waals surface area contributed by atoms with E-state index in [4.69, 9.17) is 5.41 Å². The van der Waals surface area contributed by atoms with Crippen molar-refractivity contribution in [3.8, 4) is 0 Å². The lowest BCUT2D eigenvalue weighted by Crippen LogP contribution is -2.02. The van der Waals surface area contributed by atoms with Gasteiger partial charge in [-0.3, -0.25) is 5.41 Å². The Kier molecular flexibility index (Phi) is 5.68. The van der Waals surface area contributed by atoms with Gasteiger partial charge < -0.3 is 0 Å². The first-order valence-corrected chi connectivity index (χ1v) is 4.82. The van der Waals surface area contributed by atoms with Crippen LogP contribution in [0.15, 0.2) is 21.6 Å². The molecule has 0 radical (unpaired) electrons. The molecule has 0 fully saturated rings. The normalized spacial score (nSPS) is 14.5. The molecule has 14 heavy (non-hydrogen) atoms. The van der Waals surface area contributed by atoms with Gasteiger partial charge in [0.05, 0.1) is 0 Å². The van der Waals surface area contributed by atoms with Crippen molar-refractivity contribution >= 4 is 17.4 Å². The Labute approximate surface area is 86.2 Å². The number of hydrogen-bond acceptors (Lipinski definition) is 1. The molecule has 0 saturated carbocycles. The summed E-state index contributed by atoms with van der Waals surface area (Å²) >= 11 is 0. The van der Waals surface area contributed by atoms with Gasteiger partial charge in [-0.15, -0.1) is 0 Å². The van der Waals surface area contributed by atoms with E-state index in [0.29, 0.717) is 5.84 Å². The van der Waals surface area contributed by atoms with Crippen LogP contribution < -0.4 is 0 Å². The molecule has 0 aliphatic heterocycles. The minimum absolute atomic E-state index is 0.302. The smallest absolute Gasteiger partial charge is 0.130 e. The minimum Gasteiger partial charge on any atom is -0.287 e. The number of hydrogen-bond donors (Lipinski definition) is 1. The molecular formula is C11H19N3. The van der Waals surface area contributed by atoms with Gasteiger partial charge in [0.25, 0.3) is 0 Å². The Hall–Kier alpha value is -1.25. The number of nitrogens with zero attached hydrogens (tertiary/aromatic N) is 2. The third-order valence-electron chi connectivity index (χ3n) is 1.91. The fourth-order valence-corrected chi connectivity index (χ4v) is 0.867. The summed E-state index contributed by atoms with van der Waals surface area (Å²) in [5, 5.41) is 7.25. The van der Waals surface area contributed by atoms with Gasteiger partial charge >= 0.3 is 0 Å². The van der Waals surface area contributed by atoms with E-state index >= 15 is 0 Å². The first-order valence-electron chi connectivity index (χ1n) is 4.82. The molecule has 0 aliphatic carbocycles. The lowest BCUT2D eigenvalue weighted by molar-refractivity contribution is 1.23. The predicted octanol–water partition coefficient (Wildman–Crippen LogP) is 3.22. The molecule has 0 rings (SSSR count). The highest BCUT2D eigenvalue weighted by molar-refractivity contribution is 6.07. The van der Waals surface area contributed by atoms with Crippen LogP contribution in [0.5, 0.6) is 0 Å². The first kappa shape index (κ1) is 12.8. The van der Waals surface area contributed by atoms with E-state index in [2.05, 4.69) is 9.98 Å². The topological polar surface area (TPSA) is 48.6 Å². The molecule has 0 amide bonds. The van der Waals surface area contributed by atoms with Gasteiger partial charge in [0.15, 0.2) is 0 Å². The molecule has 0 heterocycles. The van der Waals surface area contributed by atoms with Crippen molar-refractivity contribution < 1.29 is 0 Å². The van der Waals surface area contributed by atoms with Crippen LogP contribution in [0.3, 0.4) is 0 Å². The van der Waals surface area contributed by atoms with Gasteiger partial charge in [0, 0.05) is 12.1 Å². The molecule has 0 spiro atoms. The summed E-state index contributed by atoms with van der Waals surface area (Å²) in [6, 6.07) is 0. The van der Waals surface area contributed by atoms with Gasteiger partial charge in [-0.05, 0) is 33.3 Å². The highest BCUT2D eigenvalue weighted by Crippen LogP contribution is 1.99. The molecule has 0 atom stereocenters. The van der Waals surface area contributed by atoms with Crippen LogP contribution in [0.4, 0.5) is 0 Å². The Bertz CT molecular complexity index is 296. The number of aliphatic imine (C=N–C) groups is 2. The van der Waals surface area contributed by atoms with Crippen LogP contribution in [0.2, 0.25) is 0 Å².